The third-order valence-electron chi connectivity index (χ3n) is 6.75. The van der Waals surface area contributed by atoms with Gasteiger partial charge in [0.25, 0.3) is 5.91 Å². The highest BCUT2D eigenvalue weighted by molar-refractivity contribution is 5.99. The third-order valence-corrected chi connectivity index (χ3v) is 6.75. The largest absolute Gasteiger partial charge is 0.495 e. The zero-order chi connectivity index (χ0) is 25.7. The Balaban J connectivity index is 1.57. The number of hydrogen-bond acceptors (Lipinski definition) is 7. The lowest BCUT2D eigenvalue weighted by atomic mass is 9.90. The van der Waals surface area contributed by atoms with Crippen LogP contribution in [0.1, 0.15) is 36.2 Å². The number of fused-ring (bicyclic) bond motifs is 1. The lowest BCUT2D eigenvalue weighted by Crippen LogP contribution is -2.42. The maximum atomic E-state index is 13.0. The van der Waals surface area contributed by atoms with Crippen LogP contribution in [0, 0.1) is 11.3 Å². The second-order valence-corrected chi connectivity index (χ2v) is 9.36. The van der Waals surface area contributed by atoms with Gasteiger partial charge in [-0.1, -0.05) is 24.8 Å². The summed E-state index contributed by atoms with van der Waals surface area (Å²) in [4.78, 5) is 24.2. The highest BCUT2D eigenvalue weighted by Gasteiger charge is 2.24. The Morgan fingerprint density at radius 3 is 2.64 bits per heavy atom. The minimum Gasteiger partial charge on any atom is -0.495 e. The van der Waals surface area contributed by atoms with Crippen LogP contribution in [0.4, 0.5) is 5.69 Å². The molecule has 8 heteroatoms. The number of benzene rings is 2. The van der Waals surface area contributed by atoms with Crippen LogP contribution < -0.4 is 15.4 Å². The lowest BCUT2D eigenvalue weighted by Gasteiger charge is -2.32. The highest BCUT2D eigenvalue weighted by Crippen LogP contribution is 2.35. The van der Waals surface area contributed by atoms with E-state index < -0.39 is 0 Å². The predicted molar refractivity (Wildman–Crippen MR) is 142 cm³/mol. The second kappa shape index (κ2) is 11.2. The van der Waals surface area contributed by atoms with E-state index in [4.69, 9.17) is 10.00 Å². The average Bonchev–Trinajstić information content (AvgIpc) is 2.91. The number of hydrogen-bond donors (Lipinski definition) is 2. The van der Waals surface area contributed by atoms with Crippen molar-refractivity contribution in [3.63, 3.8) is 0 Å². The minimum atomic E-state index is -0.174. The summed E-state index contributed by atoms with van der Waals surface area (Å²) in [6.45, 7) is 4.05. The normalized spacial score (nSPS) is 17.4. The van der Waals surface area contributed by atoms with Crippen molar-refractivity contribution in [2.45, 2.75) is 37.8 Å². The van der Waals surface area contributed by atoms with Gasteiger partial charge in [-0.05, 0) is 63.4 Å². The Hall–Kier alpha value is -3.96. The number of anilines is 1. The average molecular weight is 485 g/mol. The molecule has 1 fully saturated rings. The van der Waals surface area contributed by atoms with Gasteiger partial charge in [0.1, 0.15) is 11.4 Å². The molecule has 3 aromatic rings. The number of carbonyl (C=O) groups is 1. The number of nitriles is 1. The molecule has 1 saturated carbocycles. The topological polar surface area (TPSA) is 103 Å². The quantitative estimate of drug-likeness (QED) is 0.457. The maximum Gasteiger partial charge on any atom is 0.270 e. The molecule has 1 aliphatic carbocycles. The zero-order valence-electron chi connectivity index (χ0n) is 21.0. The van der Waals surface area contributed by atoms with Crippen molar-refractivity contribution in [3.05, 3.63) is 60.4 Å². The monoisotopic (exact) mass is 484 g/mol. The van der Waals surface area contributed by atoms with Gasteiger partial charge in [0.05, 0.1) is 18.9 Å². The number of ether oxygens (including phenoxy) is 1. The van der Waals surface area contributed by atoms with E-state index in [9.17, 15) is 4.79 Å². The molecule has 186 valence electrons. The number of nitrogens with one attached hydrogen (secondary N) is 2. The summed E-state index contributed by atoms with van der Waals surface area (Å²) < 4.78 is 5.55. The first-order valence-corrected chi connectivity index (χ1v) is 12.1. The molecule has 0 aliphatic heterocycles. The van der Waals surface area contributed by atoms with Crippen LogP contribution in [-0.4, -0.2) is 60.6 Å². The first kappa shape index (κ1) is 25.1. The first-order chi connectivity index (χ1) is 17.4. The van der Waals surface area contributed by atoms with E-state index in [2.05, 4.69) is 52.2 Å². The molecular weight excluding hydrogens is 452 g/mol. The van der Waals surface area contributed by atoms with Crippen LogP contribution in [0.5, 0.6) is 5.75 Å². The van der Waals surface area contributed by atoms with E-state index in [-0.39, 0.29) is 11.9 Å². The molecule has 1 aromatic heterocycles. The standard InChI is InChI=1S/C28H32N6O2/c1-18(16-29)17-31-26-23-15-20(6-5-19(23)7-12-25(26)36-4)27-30-14-13-24(33-27)28(35)32-21-8-10-22(11-9-21)34(2)3/h5-7,12-15,21-22,31H,1,8-11,17H2,2-4H3,(H,32,35). The van der Waals surface area contributed by atoms with Crippen LogP contribution in [0.15, 0.2) is 54.7 Å². The Morgan fingerprint density at radius 2 is 1.94 bits per heavy atom. The molecule has 1 amide bonds. The Bertz CT molecular complexity index is 1310. The molecule has 8 nitrogen and oxygen atoms in total. The van der Waals surface area contributed by atoms with Crippen molar-refractivity contribution in [2.24, 2.45) is 0 Å². The summed E-state index contributed by atoms with van der Waals surface area (Å²) in [7, 11) is 5.82. The van der Waals surface area contributed by atoms with Crippen molar-refractivity contribution in [2.75, 3.05) is 33.1 Å². The Kier molecular flexibility index (Phi) is 7.81. The molecule has 2 N–H and O–H groups in total. The second-order valence-electron chi connectivity index (χ2n) is 9.36. The van der Waals surface area contributed by atoms with Gasteiger partial charge in [0.15, 0.2) is 5.82 Å². The fourth-order valence-corrected chi connectivity index (χ4v) is 4.65. The lowest BCUT2D eigenvalue weighted by molar-refractivity contribution is 0.0911. The van der Waals surface area contributed by atoms with Crippen molar-refractivity contribution < 1.29 is 9.53 Å². The molecule has 4 rings (SSSR count). The van der Waals surface area contributed by atoms with E-state index in [1.807, 2.05) is 30.3 Å². The van der Waals surface area contributed by atoms with Gasteiger partial charge in [-0.25, -0.2) is 9.97 Å². The smallest absolute Gasteiger partial charge is 0.270 e. The van der Waals surface area contributed by atoms with Gasteiger partial charge >= 0.3 is 0 Å². The highest BCUT2D eigenvalue weighted by atomic mass is 16.5. The Labute approximate surface area is 212 Å². The van der Waals surface area contributed by atoms with Gasteiger partial charge in [-0.3, -0.25) is 4.79 Å². The van der Waals surface area contributed by atoms with Gasteiger partial charge in [-0.15, -0.1) is 0 Å². The van der Waals surface area contributed by atoms with Gasteiger partial charge in [-0.2, -0.15) is 5.26 Å². The van der Waals surface area contributed by atoms with E-state index in [0.29, 0.717) is 35.4 Å². The van der Waals surface area contributed by atoms with E-state index in [1.165, 1.54) is 0 Å². The number of nitrogens with zero attached hydrogens (tertiary/aromatic N) is 4. The molecule has 0 radical (unpaired) electrons. The SMILES string of the molecule is C=C(C#N)CNc1c(OC)ccc2ccc(-c3nccc(C(=O)NC4CCC(N(C)C)CC4)n3)cc12. The molecule has 1 heterocycles. The number of rotatable bonds is 8. The number of carbonyl (C=O) groups excluding carboxylic acids is 1. The summed E-state index contributed by atoms with van der Waals surface area (Å²) in [5.74, 6) is 0.950. The van der Waals surface area contributed by atoms with E-state index in [1.54, 1.807) is 19.4 Å². The zero-order valence-corrected chi connectivity index (χ0v) is 21.0. The molecule has 0 bridgehead atoms. The van der Waals surface area contributed by atoms with Gasteiger partial charge < -0.3 is 20.3 Å². The summed E-state index contributed by atoms with van der Waals surface area (Å²) in [5, 5.41) is 17.4. The fraction of sp³-hybridized carbons (Fsp3) is 0.357. The Morgan fingerprint density at radius 1 is 1.19 bits per heavy atom. The van der Waals surface area contributed by atoms with Crippen molar-refractivity contribution >= 4 is 22.4 Å². The number of aromatic nitrogens is 2. The molecule has 36 heavy (non-hydrogen) atoms. The summed E-state index contributed by atoms with van der Waals surface area (Å²) in [6.07, 6.45) is 5.70. The molecular formula is C28H32N6O2. The van der Waals surface area contributed by atoms with Crippen LogP contribution in [-0.2, 0) is 0 Å². The minimum absolute atomic E-state index is 0.164. The molecule has 0 saturated heterocycles. The van der Waals surface area contributed by atoms with Crippen LogP contribution in [0.2, 0.25) is 0 Å². The summed E-state index contributed by atoms with van der Waals surface area (Å²) in [6, 6.07) is 14.2. The summed E-state index contributed by atoms with van der Waals surface area (Å²) >= 11 is 0. The fourth-order valence-electron chi connectivity index (χ4n) is 4.65. The molecule has 2 aromatic carbocycles. The van der Waals surface area contributed by atoms with Crippen molar-refractivity contribution in [1.29, 1.82) is 5.26 Å². The van der Waals surface area contributed by atoms with Crippen LogP contribution in [0.3, 0.4) is 0 Å². The number of amides is 1. The van der Waals surface area contributed by atoms with Crippen LogP contribution >= 0.6 is 0 Å². The van der Waals surface area contributed by atoms with Gasteiger partial charge in [0.2, 0.25) is 0 Å². The van der Waals surface area contributed by atoms with E-state index in [0.717, 1.165) is 47.7 Å². The third kappa shape index (κ3) is 5.64. The molecule has 1 aliphatic rings. The molecule has 0 atom stereocenters. The molecule has 0 spiro atoms. The predicted octanol–water partition coefficient (Wildman–Crippen LogP) is 4.40. The van der Waals surface area contributed by atoms with Gasteiger partial charge in [0, 0.05) is 41.3 Å². The maximum absolute atomic E-state index is 13.0. The number of methoxy groups -OCH3 is 1. The van der Waals surface area contributed by atoms with Crippen molar-refractivity contribution in [3.8, 4) is 23.2 Å². The van der Waals surface area contributed by atoms with Crippen LogP contribution in [0.25, 0.3) is 22.2 Å². The van der Waals surface area contributed by atoms with Crippen molar-refractivity contribution in [1.82, 2.24) is 20.2 Å². The van der Waals surface area contributed by atoms with E-state index >= 15 is 0 Å². The summed E-state index contributed by atoms with van der Waals surface area (Å²) in [5.41, 5.74) is 2.31. The first-order valence-electron chi connectivity index (χ1n) is 12.1. The molecule has 0 unspecified atom stereocenters.